The Labute approximate surface area is 131 Å². The Morgan fingerprint density at radius 2 is 2.00 bits per heavy atom. The van der Waals surface area contributed by atoms with Crippen LogP contribution in [0.25, 0.3) is 0 Å². The van der Waals surface area contributed by atoms with Crippen LogP contribution in [0.3, 0.4) is 0 Å². The molecule has 0 bridgehead atoms. The summed E-state index contributed by atoms with van der Waals surface area (Å²) in [4.78, 5) is 11.0. The largest absolute Gasteiger partial charge is 0.490 e. The molecule has 0 saturated heterocycles. The summed E-state index contributed by atoms with van der Waals surface area (Å²) in [5.41, 5.74) is -2.15. The number of halogens is 1. The van der Waals surface area contributed by atoms with Crippen LogP contribution >= 0.6 is 0 Å². The molecule has 1 aliphatic rings. The van der Waals surface area contributed by atoms with Crippen LogP contribution in [0.2, 0.25) is 0 Å². The second-order valence-corrected chi connectivity index (χ2v) is 5.26. The molecular weight excluding hydrogens is 307 g/mol. The molecule has 0 aliphatic heterocycles. The molecule has 0 unspecified atom stereocenters. The lowest BCUT2D eigenvalue weighted by molar-refractivity contribution is -0.158. The molecule has 3 atom stereocenters. The van der Waals surface area contributed by atoms with Gasteiger partial charge in [-0.2, -0.15) is 0 Å². The first kappa shape index (κ1) is 17.1. The van der Waals surface area contributed by atoms with Crippen molar-refractivity contribution in [2.75, 3.05) is 6.61 Å². The van der Waals surface area contributed by atoms with Crippen molar-refractivity contribution >= 4 is 5.97 Å². The Morgan fingerprint density at radius 3 is 2.61 bits per heavy atom. The van der Waals surface area contributed by atoms with Gasteiger partial charge in [0.05, 0.1) is 6.10 Å². The van der Waals surface area contributed by atoms with Crippen LogP contribution in [0.5, 0.6) is 5.75 Å². The quantitative estimate of drug-likeness (QED) is 0.633. The third-order valence-electron chi connectivity index (χ3n) is 3.47. The molecule has 0 aromatic heterocycles. The maximum atomic E-state index is 12.7. The molecule has 0 amide bonds. The Kier molecular flexibility index (Phi) is 5.15. The third-order valence-corrected chi connectivity index (χ3v) is 3.47. The summed E-state index contributed by atoms with van der Waals surface area (Å²) < 4.78 is 18.0. The number of ether oxygens (including phenoxy) is 1. The summed E-state index contributed by atoms with van der Waals surface area (Å²) in [6.45, 7) is 0.0806. The molecule has 0 fully saturated rings. The van der Waals surface area contributed by atoms with E-state index in [-0.39, 0.29) is 18.0 Å². The first-order valence-electron chi connectivity index (χ1n) is 6.91. The smallest absolute Gasteiger partial charge is 0.339 e. The molecular formula is C16H17FO6. The van der Waals surface area contributed by atoms with Gasteiger partial charge >= 0.3 is 5.97 Å². The number of benzene rings is 1. The molecule has 1 aromatic rings. The molecule has 2 rings (SSSR count). The summed E-state index contributed by atoms with van der Waals surface area (Å²) in [5.74, 6) is -1.45. The summed E-state index contributed by atoms with van der Waals surface area (Å²) in [6, 6.07) is 5.39. The summed E-state index contributed by atoms with van der Waals surface area (Å²) in [6.07, 6.45) is 0.674. The molecule has 1 aromatic carbocycles. The van der Waals surface area contributed by atoms with Crippen molar-refractivity contribution in [2.24, 2.45) is 0 Å². The fraction of sp³-hybridized carbons (Fsp3) is 0.312. The Balaban J connectivity index is 2.03. The highest BCUT2D eigenvalue weighted by Gasteiger charge is 2.42. The molecule has 0 spiro atoms. The standard InChI is InChI=1S/C16H17FO6/c17-11-3-5-12(6-4-11)23-7-1-2-10-8-16(22,15(20)21)9-13(18)14(10)19/h1-6,8,13-14,18-19,22H,7,9H2,(H,20,21)/b2-1+/t13-,14-,16+/m1/s1. The summed E-state index contributed by atoms with van der Waals surface area (Å²) >= 11 is 0. The van der Waals surface area contributed by atoms with Crippen LogP contribution in [-0.2, 0) is 4.79 Å². The van der Waals surface area contributed by atoms with Gasteiger partial charge in [0.15, 0.2) is 5.60 Å². The first-order valence-corrected chi connectivity index (χ1v) is 6.91. The molecule has 7 heteroatoms. The van der Waals surface area contributed by atoms with Crippen molar-refractivity contribution in [3.8, 4) is 5.75 Å². The van der Waals surface area contributed by atoms with E-state index in [1.54, 1.807) is 0 Å². The second-order valence-electron chi connectivity index (χ2n) is 5.26. The topological polar surface area (TPSA) is 107 Å². The van der Waals surface area contributed by atoms with Gasteiger partial charge in [-0.3, -0.25) is 0 Å². The van der Waals surface area contributed by atoms with Crippen LogP contribution in [-0.4, -0.2) is 50.8 Å². The predicted octanol–water partition coefficient (Wildman–Crippen LogP) is 0.628. The van der Waals surface area contributed by atoms with Crippen molar-refractivity contribution in [1.29, 1.82) is 0 Å². The fourth-order valence-corrected chi connectivity index (χ4v) is 2.23. The van der Waals surface area contributed by atoms with E-state index in [4.69, 9.17) is 9.84 Å². The van der Waals surface area contributed by atoms with Crippen molar-refractivity contribution in [3.05, 3.63) is 53.9 Å². The predicted molar refractivity (Wildman–Crippen MR) is 78.3 cm³/mol. The van der Waals surface area contributed by atoms with Crippen molar-refractivity contribution in [3.63, 3.8) is 0 Å². The Morgan fingerprint density at radius 1 is 1.35 bits per heavy atom. The van der Waals surface area contributed by atoms with Gasteiger partial charge in [0, 0.05) is 6.42 Å². The highest BCUT2D eigenvalue weighted by Crippen LogP contribution is 2.28. The zero-order chi connectivity index (χ0) is 17.0. The zero-order valence-electron chi connectivity index (χ0n) is 12.1. The lowest BCUT2D eigenvalue weighted by Gasteiger charge is -2.32. The summed E-state index contributed by atoms with van der Waals surface area (Å²) in [7, 11) is 0. The second kappa shape index (κ2) is 6.91. The molecule has 0 saturated carbocycles. The van der Waals surface area contributed by atoms with E-state index in [1.807, 2.05) is 0 Å². The average molecular weight is 324 g/mol. The Hall–Kier alpha value is -2.22. The maximum Gasteiger partial charge on any atom is 0.339 e. The molecule has 23 heavy (non-hydrogen) atoms. The van der Waals surface area contributed by atoms with Gasteiger partial charge < -0.3 is 25.2 Å². The number of aliphatic carboxylic acids is 1. The number of aliphatic hydroxyl groups is 3. The van der Waals surface area contributed by atoms with Crippen LogP contribution in [0.15, 0.2) is 48.1 Å². The maximum absolute atomic E-state index is 12.7. The molecule has 1 aliphatic carbocycles. The number of rotatable bonds is 5. The number of hydrogen-bond acceptors (Lipinski definition) is 5. The molecule has 4 N–H and O–H groups in total. The SMILES string of the molecule is O=C(O)[C@]1(O)C=C(/C=C/COc2ccc(F)cc2)[C@@H](O)[C@H](O)C1. The van der Waals surface area contributed by atoms with Crippen molar-refractivity contribution in [1.82, 2.24) is 0 Å². The first-order chi connectivity index (χ1) is 10.8. The molecule has 124 valence electrons. The normalized spacial score (nSPS) is 27.7. The fourth-order valence-electron chi connectivity index (χ4n) is 2.23. The van der Waals surface area contributed by atoms with E-state index in [9.17, 15) is 24.5 Å². The minimum absolute atomic E-state index is 0.0800. The highest BCUT2D eigenvalue weighted by molar-refractivity contribution is 5.80. The number of carboxylic acid groups (broad SMARTS) is 1. The van der Waals surface area contributed by atoms with E-state index in [1.165, 1.54) is 36.4 Å². The van der Waals surface area contributed by atoms with Gasteiger partial charge in [-0.1, -0.05) is 6.08 Å². The lowest BCUT2D eigenvalue weighted by atomic mass is 9.83. The van der Waals surface area contributed by atoms with Crippen LogP contribution < -0.4 is 4.74 Å². The minimum Gasteiger partial charge on any atom is -0.490 e. The zero-order valence-corrected chi connectivity index (χ0v) is 12.1. The molecule has 6 nitrogen and oxygen atoms in total. The van der Waals surface area contributed by atoms with E-state index >= 15 is 0 Å². The van der Waals surface area contributed by atoms with Crippen LogP contribution in [0, 0.1) is 5.82 Å². The van der Waals surface area contributed by atoms with Crippen molar-refractivity contribution < 1.29 is 34.3 Å². The number of hydrogen-bond donors (Lipinski definition) is 4. The average Bonchev–Trinajstić information content (AvgIpc) is 2.50. The highest BCUT2D eigenvalue weighted by atomic mass is 19.1. The third kappa shape index (κ3) is 4.16. The van der Waals surface area contributed by atoms with Gasteiger partial charge in [0.25, 0.3) is 0 Å². The van der Waals surface area contributed by atoms with Gasteiger partial charge in [-0.05, 0) is 42.0 Å². The van der Waals surface area contributed by atoms with Gasteiger partial charge in [0.2, 0.25) is 0 Å². The van der Waals surface area contributed by atoms with Crippen LogP contribution in [0.1, 0.15) is 6.42 Å². The van der Waals surface area contributed by atoms with Crippen molar-refractivity contribution in [2.45, 2.75) is 24.2 Å². The molecule has 0 heterocycles. The minimum atomic E-state index is -2.23. The summed E-state index contributed by atoms with van der Waals surface area (Å²) in [5, 5.41) is 38.4. The number of aliphatic hydroxyl groups excluding tert-OH is 2. The monoisotopic (exact) mass is 324 g/mol. The van der Waals surface area contributed by atoms with Gasteiger partial charge in [-0.15, -0.1) is 0 Å². The van der Waals surface area contributed by atoms with E-state index in [0.717, 1.165) is 6.08 Å². The number of carboxylic acids is 1. The van der Waals surface area contributed by atoms with E-state index < -0.39 is 30.2 Å². The van der Waals surface area contributed by atoms with Gasteiger partial charge in [0.1, 0.15) is 24.3 Å². The van der Waals surface area contributed by atoms with Gasteiger partial charge in [-0.25, -0.2) is 9.18 Å². The number of carbonyl (C=O) groups is 1. The van der Waals surface area contributed by atoms with Crippen LogP contribution in [0.4, 0.5) is 4.39 Å². The molecule has 0 radical (unpaired) electrons. The lowest BCUT2D eigenvalue weighted by Crippen LogP contribution is -2.47. The Bertz CT molecular complexity index is 624. The van der Waals surface area contributed by atoms with E-state index in [2.05, 4.69) is 0 Å². The van der Waals surface area contributed by atoms with E-state index in [0.29, 0.717) is 5.75 Å².